The number of thiazole rings is 1. The van der Waals surface area contributed by atoms with Crippen LogP contribution in [0.15, 0.2) is 66.9 Å². The Hall–Kier alpha value is -3.45. The Morgan fingerprint density at radius 1 is 1.06 bits per heavy atom. The van der Waals surface area contributed by atoms with E-state index in [1.165, 1.54) is 0 Å². The molecule has 2 heterocycles. The lowest BCUT2D eigenvalue weighted by atomic mass is 10.0. The first-order valence-electron chi connectivity index (χ1n) is 10.0. The molecule has 1 unspecified atom stereocenters. The van der Waals surface area contributed by atoms with Crippen LogP contribution in [0.2, 0.25) is 0 Å². The fraction of sp³-hybridized carbons (Fsp3) is 0.208. The number of carbonyl (C=O) groups excluding carboxylic acids is 2. The summed E-state index contributed by atoms with van der Waals surface area (Å²) >= 11 is 1.62. The van der Waals surface area contributed by atoms with Gasteiger partial charge in [0.1, 0.15) is 6.04 Å². The molecule has 0 fully saturated rings. The predicted molar refractivity (Wildman–Crippen MR) is 122 cm³/mol. The van der Waals surface area contributed by atoms with Crippen LogP contribution in [0.25, 0.3) is 4.96 Å². The highest BCUT2D eigenvalue weighted by Crippen LogP contribution is 2.23. The van der Waals surface area contributed by atoms with E-state index in [-0.39, 0.29) is 11.8 Å². The zero-order valence-corrected chi connectivity index (χ0v) is 18.5. The molecule has 0 radical (unpaired) electrons. The van der Waals surface area contributed by atoms with Crippen LogP contribution in [0.4, 0.5) is 0 Å². The topological polar surface area (TPSA) is 66.7 Å². The molecule has 31 heavy (non-hydrogen) atoms. The van der Waals surface area contributed by atoms with Gasteiger partial charge in [-0.15, -0.1) is 11.3 Å². The first-order chi connectivity index (χ1) is 14.9. The zero-order chi connectivity index (χ0) is 22.0. The van der Waals surface area contributed by atoms with Crippen LogP contribution in [0.3, 0.4) is 0 Å². The number of hydrogen-bond donors (Lipinski definition) is 1. The van der Waals surface area contributed by atoms with Gasteiger partial charge in [0.05, 0.1) is 17.9 Å². The maximum Gasteiger partial charge on any atom is 0.252 e. The largest absolute Gasteiger partial charge is 0.338 e. The Morgan fingerprint density at radius 3 is 2.39 bits per heavy atom. The highest BCUT2D eigenvalue weighted by atomic mass is 32.1. The summed E-state index contributed by atoms with van der Waals surface area (Å²) in [6.45, 7) is 4.39. The molecule has 0 saturated carbocycles. The molecule has 1 atom stereocenters. The fourth-order valence-electron chi connectivity index (χ4n) is 3.56. The van der Waals surface area contributed by atoms with Gasteiger partial charge in [-0.25, -0.2) is 4.98 Å². The lowest BCUT2D eigenvalue weighted by Crippen LogP contribution is -2.41. The van der Waals surface area contributed by atoms with Crippen molar-refractivity contribution in [3.63, 3.8) is 0 Å². The number of likely N-dealkylation sites (N-methyl/N-ethyl adjacent to an activating group) is 1. The number of fused-ring (bicyclic) bond motifs is 1. The normalized spacial score (nSPS) is 12.0. The number of rotatable bonds is 6. The highest BCUT2D eigenvalue weighted by molar-refractivity contribution is 7.17. The summed E-state index contributed by atoms with van der Waals surface area (Å²) in [5.41, 5.74) is 3.12. The van der Waals surface area contributed by atoms with Crippen LogP contribution in [0, 0.1) is 13.8 Å². The maximum absolute atomic E-state index is 13.5. The standard InChI is InChI=1S/C24H24N4O2S/c1-16-14-28-20(17(2)25-24(28)31-16)15-27(3)23(30)21(18-10-6-4-7-11-18)26-22(29)19-12-8-5-9-13-19/h4-14,21H,15H2,1-3H3,(H,26,29). The smallest absolute Gasteiger partial charge is 0.252 e. The SMILES string of the molecule is Cc1cn2c(CN(C)C(=O)C(NC(=O)c3ccccc3)c3ccccc3)c(C)nc2s1. The summed E-state index contributed by atoms with van der Waals surface area (Å²) in [4.78, 5) is 34.6. The third-order valence-electron chi connectivity index (χ3n) is 5.20. The van der Waals surface area contributed by atoms with Gasteiger partial charge < -0.3 is 10.2 Å². The molecule has 0 aliphatic rings. The Kier molecular flexibility index (Phi) is 5.86. The third kappa shape index (κ3) is 4.36. The van der Waals surface area contributed by atoms with Crippen molar-refractivity contribution in [3.8, 4) is 0 Å². The van der Waals surface area contributed by atoms with Gasteiger partial charge in [-0.1, -0.05) is 48.5 Å². The van der Waals surface area contributed by atoms with Crippen LogP contribution in [-0.4, -0.2) is 33.1 Å². The van der Waals surface area contributed by atoms with Crippen LogP contribution in [-0.2, 0) is 11.3 Å². The number of carbonyl (C=O) groups is 2. The Morgan fingerprint density at radius 2 is 1.71 bits per heavy atom. The number of nitrogens with one attached hydrogen (secondary N) is 1. The molecular weight excluding hydrogens is 408 g/mol. The second-order valence-corrected chi connectivity index (χ2v) is 8.73. The van der Waals surface area contributed by atoms with E-state index < -0.39 is 6.04 Å². The highest BCUT2D eigenvalue weighted by Gasteiger charge is 2.27. The molecule has 6 nitrogen and oxygen atoms in total. The Bertz CT molecular complexity index is 1210. The van der Waals surface area contributed by atoms with E-state index in [1.54, 1.807) is 47.5 Å². The second-order valence-electron chi connectivity index (χ2n) is 7.52. The van der Waals surface area contributed by atoms with E-state index in [4.69, 9.17) is 0 Å². The van der Waals surface area contributed by atoms with Gasteiger partial charge >= 0.3 is 0 Å². The lowest BCUT2D eigenvalue weighted by Gasteiger charge is -2.25. The van der Waals surface area contributed by atoms with Crippen molar-refractivity contribution in [3.05, 3.63) is 94.3 Å². The Balaban J connectivity index is 1.60. The van der Waals surface area contributed by atoms with Crippen LogP contribution >= 0.6 is 11.3 Å². The van der Waals surface area contributed by atoms with Crippen molar-refractivity contribution in [1.29, 1.82) is 0 Å². The van der Waals surface area contributed by atoms with Gasteiger partial charge in [-0.05, 0) is 31.5 Å². The first kappa shape index (κ1) is 20.8. The number of benzene rings is 2. The number of hydrogen-bond acceptors (Lipinski definition) is 4. The van der Waals surface area contributed by atoms with E-state index in [2.05, 4.69) is 10.3 Å². The van der Waals surface area contributed by atoms with E-state index in [1.807, 2.05) is 60.8 Å². The number of amides is 2. The van der Waals surface area contributed by atoms with Gasteiger partial charge in [0.2, 0.25) is 5.91 Å². The minimum Gasteiger partial charge on any atom is -0.338 e. The minimum absolute atomic E-state index is 0.184. The molecule has 0 aliphatic heterocycles. The number of aromatic nitrogens is 2. The Labute approximate surface area is 185 Å². The molecular formula is C24H24N4O2S. The van der Waals surface area contributed by atoms with Crippen LogP contribution in [0.5, 0.6) is 0 Å². The average molecular weight is 433 g/mol. The molecule has 1 N–H and O–H groups in total. The van der Waals surface area contributed by atoms with E-state index in [9.17, 15) is 9.59 Å². The number of aryl methyl sites for hydroxylation is 2. The molecule has 0 saturated heterocycles. The molecule has 2 aromatic heterocycles. The summed E-state index contributed by atoms with van der Waals surface area (Å²) in [5.74, 6) is -0.468. The van der Waals surface area contributed by atoms with E-state index in [0.717, 1.165) is 26.8 Å². The summed E-state index contributed by atoms with van der Waals surface area (Å²) in [7, 11) is 1.75. The van der Waals surface area contributed by atoms with Gasteiger partial charge in [-0.2, -0.15) is 0 Å². The summed E-state index contributed by atoms with van der Waals surface area (Å²) < 4.78 is 2.04. The van der Waals surface area contributed by atoms with Crippen LogP contribution in [0.1, 0.15) is 38.2 Å². The summed E-state index contributed by atoms with van der Waals surface area (Å²) in [5, 5.41) is 2.92. The van der Waals surface area contributed by atoms with Gasteiger partial charge in [0, 0.05) is 23.7 Å². The van der Waals surface area contributed by atoms with Crippen molar-refractivity contribution in [1.82, 2.24) is 19.6 Å². The molecule has 4 aromatic rings. The number of imidazole rings is 1. The van der Waals surface area contributed by atoms with E-state index in [0.29, 0.717) is 12.1 Å². The van der Waals surface area contributed by atoms with Crippen molar-refractivity contribution in [2.75, 3.05) is 7.05 Å². The molecule has 158 valence electrons. The lowest BCUT2D eigenvalue weighted by molar-refractivity contribution is -0.132. The minimum atomic E-state index is -0.785. The predicted octanol–water partition coefficient (Wildman–Crippen LogP) is 4.14. The zero-order valence-electron chi connectivity index (χ0n) is 17.7. The molecule has 7 heteroatoms. The van der Waals surface area contributed by atoms with Crippen molar-refractivity contribution < 1.29 is 9.59 Å². The summed E-state index contributed by atoms with van der Waals surface area (Å²) in [6.07, 6.45) is 2.04. The molecule has 2 aromatic carbocycles. The van der Waals surface area contributed by atoms with Gasteiger partial charge in [-0.3, -0.25) is 14.0 Å². The monoisotopic (exact) mass is 432 g/mol. The molecule has 2 amide bonds. The molecule has 0 aliphatic carbocycles. The second kappa shape index (κ2) is 8.73. The molecule has 0 spiro atoms. The van der Waals surface area contributed by atoms with Crippen molar-refractivity contribution in [2.45, 2.75) is 26.4 Å². The maximum atomic E-state index is 13.5. The quantitative estimate of drug-likeness (QED) is 0.498. The van der Waals surface area contributed by atoms with Crippen molar-refractivity contribution >= 4 is 28.1 Å². The van der Waals surface area contributed by atoms with Gasteiger partial charge in [0.15, 0.2) is 4.96 Å². The van der Waals surface area contributed by atoms with Crippen molar-refractivity contribution in [2.24, 2.45) is 0 Å². The first-order valence-corrected chi connectivity index (χ1v) is 10.9. The average Bonchev–Trinajstić information content (AvgIpc) is 3.28. The number of nitrogens with zero attached hydrogens (tertiary/aromatic N) is 3. The third-order valence-corrected chi connectivity index (χ3v) is 6.09. The summed E-state index contributed by atoms with van der Waals surface area (Å²) in [6, 6.07) is 17.5. The van der Waals surface area contributed by atoms with E-state index >= 15 is 0 Å². The van der Waals surface area contributed by atoms with Crippen LogP contribution < -0.4 is 5.32 Å². The van der Waals surface area contributed by atoms with Gasteiger partial charge in [0.25, 0.3) is 5.91 Å². The molecule has 4 rings (SSSR count). The molecule has 0 bridgehead atoms. The fourth-order valence-corrected chi connectivity index (χ4v) is 4.45.